The van der Waals surface area contributed by atoms with Crippen LogP contribution in [-0.2, 0) is 14.4 Å². The van der Waals surface area contributed by atoms with Crippen LogP contribution in [0.5, 0.6) is 0 Å². The third-order valence-electron chi connectivity index (χ3n) is 6.29. The largest absolute Gasteiger partial charge is 0.342 e. The molecule has 0 radical (unpaired) electrons. The first kappa shape index (κ1) is 28.3. The van der Waals surface area contributed by atoms with Gasteiger partial charge in [-0.1, -0.05) is 54.5 Å². The summed E-state index contributed by atoms with van der Waals surface area (Å²) in [6, 6.07) is -0.918. The molecule has 0 bridgehead atoms. The number of nitrogens with one attached hydrogen (secondary N) is 1. The van der Waals surface area contributed by atoms with Gasteiger partial charge in [0.25, 0.3) is 0 Å². The van der Waals surface area contributed by atoms with Crippen LogP contribution in [0.4, 0.5) is 0 Å². The van der Waals surface area contributed by atoms with E-state index < -0.39 is 17.0 Å². The normalized spacial score (nSPS) is 15.2. The number of nitrogens with zero attached hydrogens (tertiary/aromatic N) is 2. The average Bonchev–Trinajstić information content (AvgIpc) is 2.62. The summed E-state index contributed by atoms with van der Waals surface area (Å²) in [4.78, 5) is 42.3. The molecule has 0 saturated carbocycles. The Balaban J connectivity index is 6.05. The molecule has 2 atom stereocenters. The second kappa shape index (κ2) is 11.1. The fourth-order valence-corrected chi connectivity index (χ4v) is 3.80. The maximum Gasteiger partial charge on any atom is 0.245 e. The summed E-state index contributed by atoms with van der Waals surface area (Å²) in [5.74, 6) is -0.168. The summed E-state index contributed by atoms with van der Waals surface area (Å²) in [5.41, 5.74) is -0.500. The molecule has 1 N–H and O–H groups in total. The lowest BCUT2D eigenvalue weighted by Gasteiger charge is -2.42. The van der Waals surface area contributed by atoms with E-state index in [-0.39, 0.29) is 29.6 Å². The lowest BCUT2D eigenvalue weighted by atomic mass is 9.83. The minimum atomic E-state index is -0.681. The molecule has 174 valence electrons. The van der Waals surface area contributed by atoms with Crippen molar-refractivity contribution >= 4 is 17.6 Å². The van der Waals surface area contributed by atoms with Crippen LogP contribution in [0, 0.1) is 11.3 Å². The van der Waals surface area contributed by atoms with E-state index >= 15 is 0 Å². The van der Waals surface area contributed by atoms with Gasteiger partial charge < -0.3 is 10.2 Å². The van der Waals surface area contributed by atoms with E-state index in [2.05, 4.69) is 5.32 Å². The van der Waals surface area contributed by atoms with Gasteiger partial charge in [0, 0.05) is 7.05 Å². The van der Waals surface area contributed by atoms with Crippen LogP contribution < -0.4 is 5.32 Å². The van der Waals surface area contributed by atoms with Crippen molar-refractivity contribution in [2.75, 3.05) is 21.1 Å². The maximum atomic E-state index is 13.6. The van der Waals surface area contributed by atoms with Crippen LogP contribution in [0.15, 0.2) is 11.6 Å². The first-order chi connectivity index (χ1) is 13.6. The minimum absolute atomic E-state index is 0.0103. The monoisotopic (exact) mass is 423 g/mol. The van der Waals surface area contributed by atoms with Crippen LogP contribution in [0.25, 0.3) is 0 Å². The third kappa shape index (κ3) is 6.66. The molecule has 0 rings (SSSR count). The Bertz CT molecular complexity index is 641. The Morgan fingerprint density at radius 1 is 0.967 bits per heavy atom. The Labute approximate surface area is 184 Å². The van der Waals surface area contributed by atoms with E-state index in [9.17, 15) is 14.4 Å². The van der Waals surface area contributed by atoms with Crippen molar-refractivity contribution in [1.82, 2.24) is 15.1 Å². The van der Waals surface area contributed by atoms with Gasteiger partial charge in [-0.05, 0) is 57.7 Å². The zero-order valence-electron chi connectivity index (χ0n) is 21.3. The van der Waals surface area contributed by atoms with Gasteiger partial charge in [0.1, 0.15) is 6.04 Å². The highest BCUT2D eigenvalue weighted by atomic mass is 16.2. The van der Waals surface area contributed by atoms with E-state index in [0.29, 0.717) is 18.4 Å². The number of Topliss-reactive ketones (excluding diaryl/α,β-unsaturated/α-hetero) is 1. The van der Waals surface area contributed by atoms with Crippen molar-refractivity contribution < 1.29 is 14.4 Å². The number of ketones is 1. The first-order valence-corrected chi connectivity index (χ1v) is 11.0. The van der Waals surface area contributed by atoms with Crippen LogP contribution in [-0.4, -0.2) is 66.2 Å². The smallest absolute Gasteiger partial charge is 0.245 e. The van der Waals surface area contributed by atoms with E-state index in [4.69, 9.17) is 0 Å². The molecular weight excluding hydrogens is 378 g/mol. The summed E-state index contributed by atoms with van der Waals surface area (Å²) in [7, 11) is 5.55. The fraction of sp³-hybridized carbons (Fsp3) is 0.792. The first-order valence-electron chi connectivity index (χ1n) is 11.0. The molecule has 0 aromatic carbocycles. The number of hydrogen-bond donors (Lipinski definition) is 1. The Hall–Kier alpha value is -1.69. The van der Waals surface area contributed by atoms with Crippen LogP contribution in [0.3, 0.4) is 0 Å². The molecule has 0 saturated heterocycles. The van der Waals surface area contributed by atoms with E-state index in [1.807, 2.05) is 73.5 Å². The maximum absolute atomic E-state index is 13.6. The number of rotatable bonds is 10. The molecule has 6 heteroatoms. The molecular formula is C24H45N3O3. The lowest BCUT2D eigenvalue weighted by molar-refractivity contribution is -0.143. The van der Waals surface area contributed by atoms with Crippen LogP contribution in [0.2, 0.25) is 0 Å². The number of amides is 2. The Morgan fingerprint density at radius 2 is 1.43 bits per heavy atom. The molecule has 0 aliphatic rings. The second-order valence-corrected chi connectivity index (χ2v) is 10.00. The molecule has 0 aliphatic heterocycles. The van der Waals surface area contributed by atoms with Gasteiger partial charge in [0.05, 0.1) is 11.6 Å². The molecule has 0 heterocycles. The van der Waals surface area contributed by atoms with Gasteiger partial charge in [-0.3, -0.25) is 19.3 Å². The zero-order chi connectivity index (χ0) is 24.0. The lowest BCUT2D eigenvalue weighted by Crippen LogP contribution is -2.63. The van der Waals surface area contributed by atoms with Crippen molar-refractivity contribution in [3.05, 3.63) is 11.6 Å². The standard InChI is InChI=1S/C24H45N3O3/c1-13-24(14-2,26(10)11)22(30)25-20(23(7,8)9)21(29)27(12)19(16(3)4)15-17(5)18(6)28/h15-16,19-20H,13-14H2,1-12H3,(H,25,30)/b17-15+/t19-,20-/m1/s1. The highest BCUT2D eigenvalue weighted by molar-refractivity contribution is 5.94. The minimum Gasteiger partial charge on any atom is -0.342 e. The summed E-state index contributed by atoms with van der Waals surface area (Å²) in [6.45, 7) is 17.2. The van der Waals surface area contributed by atoms with Crippen molar-refractivity contribution in [3.63, 3.8) is 0 Å². The van der Waals surface area contributed by atoms with E-state index in [1.54, 1.807) is 18.9 Å². The SMILES string of the molecule is CCC(CC)(C(=O)N[C@H](C(=O)N(C)[C@H](/C=C(\C)C(C)=O)C(C)C)C(C)(C)C)N(C)C. The summed E-state index contributed by atoms with van der Waals surface area (Å²) in [5, 5.41) is 3.07. The highest BCUT2D eigenvalue weighted by Gasteiger charge is 2.43. The zero-order valence-corrected chi connectivity index (χ0v) is 21.3. The topological polar surface area (TPSA) is 69.7 Å². The Morgan fingerprint density at radius 3 is 1.73 bits per heavy atom. The van der Waals surface area contributed by atoms with Gasteiger partial charge in [0.2, 0.25) is 11.8 Å². The number of likely N-dealkylation sites (N-methyl/N-ethyl adjacent to an activating group) is 2. The Kier molecular flexibility index (Phi) is 10.5. The summed E-state index contributed by atoms with van der Waals surface area (Å²) >= 11 is 0. The predicted octanol–water partition coefficient (Wildman–Crippen LogP) is 3.66. The van der Waals surface area contributed by atoms with Gasteiger partial charge in [-0.15, -0.1) is 0 Å². The molecule has 0 aliphatic carbocycles. The third-order valence-corrected chi connectivity index (χ3v) is 6.29. The molecule has 0 aromatic heterocycles. The number of allylic oxidation sites excluding steroid dienone is 1. The van der Waals surface area contributed by atoms with Gasteiger partial charge in [-0.2, -0.15) is 0 Å². The van der Waals surface area contributed by atoms with Gasteiger partial charge in [0.15, 0.2) is 5.78 Å². The molecule has 30 heavy (non-hydrogen) atoms. The molecule has 6 nitrogen and oxygen atoms in total. The highest BCUT2D eigenvalue weighted by Crippen LogP contribution is 2.27. The van der Waals surface area contributed by atoms with Gasteiger partial charge in [-0.25, -0.2) is 0 Å². The van der Waals surface area contributed by atoms with Crippen molar-refractivity contribution in [3.8, 4) is 0 Å². The van der Waals surface area contributed by atoms with Crippen molar-refractivity contribution in [2.45, 2.75) is 92.8 Å². The van der Waals surface area contributed by atoms with Crippen molar-refractivity contribution in [1.29, 1.82) is 0 Å². The number of hydrogen-bond acceptors (Lipinski definition) is 4. The molecule has 0 aromatic rings. The van der Waals surface area contributed by atoms with Gasteiger partial charge >= 0.3 is 0 Å². The number of carbonyl (C=O) groups is 3. The summed E-state index contributed by atoms with van der Waals surface area (Å²) in [6.07, 6.45) is 3.16. The fourth-order valence-electron chi connectivity index (χ4n) is 3.80. The van der Waals surface area contributed by atoms with E-state index in [0.717, 1.165) is 0 Å². The quantitative estimate of drug-likeness (QED) is 0.545. The predicted molar refractivity (Wildman–Crippen MR) is 124 cm³/mol. The van der Waals surface area contributed by atoms with Crippen LogP contribution in [0.1, 0.15) is 75.2 Å². The molecule has 0 fully saturated rings. The molecule has 0 spiro atoms. The molecule has 0 unspecified atom stereocenters. The van der Waals surface area contributed by atoms with Crippen molar-refractivity contribution in [2.24, 2.45) is 11.3 Å². The second-order valence-electron chi connectivity index (χ2n) is 10.00. The average molecular weight is 424 g/mol. The number of carbonyl (C=O) groups excluding carboxylic acids is 3. The van der Waals surface area contributed by atoms with Crippen LogP contribution >= 0.6 is 0 Å². The molecule has 2 amide bonds. The van der Waals surface area contributed by atoms with E-state index in [1.165, 1.54) is 6.92 Å². The summed E-state index contributed by atoms with van der Waals surface area (Å²) < 4.78 is 0.